The molecule has 0 aromatic carbocycles. The van der Waals surface area contributed by atoms with E-state index in [-0.39, 0.29) is 38.6 Å². The Kier molecular flexibility index (Phi) is 69.8. The maximum atomic E-state index is 12.9. The Bertz CT molecular complexity index is 2220. The lowest BCUT2D eigenvalue weighted by atomic mass is 10.0. The Morgan fingerprint density at radius 3 is 0.895 bits per heavy atom. The number of allylic oxidation sites excluding steroid dienone is 30. The summed E-state index contributed by atoms with van der Waals surface area (Å²) in [6, 6.07) is 0. The molecule has 0 aliphatic heterocycles. The van der Waals surface area contributed by atoms with Gasteiger partial charge in [-0.2, -0.15) is 0 Å². The van der Waals surface area contributed by atoms with Crippen molar-refractivity contribution >= 4 is 17.9 Å². The van der Waals surface area contributed by atoms with E-state index in [9.17, 15) is 19.5 Å². The number of ether oxygens (including phenoxy) is 4. The molecule has 0 bridgehead atoms. The van der Waals surface area contributed by atoms with Crippen molar-refractivity contribution in [3.8, 4) is 0 Å². The summed E-state index contributed by atoms with van der Waals surface area (Å²) < 4.78 is 22.8. The lowest BCUT2D eigenvalue weighted by molar-refractivity contribution is -0.870. The van der Waals surface area contributed by atoms with E-state index in [1.807, 2.05) is 21.1 Å². The molecule has 0 amide bonds. The molecule has 0 saturated heterocycles. The molecular weight excluding hydrogens is 1170 g/mol. The van der Waals surface area contributed by atoms with Gasteiger partial charge in [0.15, 0.2) is 12.4 Å². The van der Waals surface area contributed by atoms with Crippen LogP contribution in [0.4, 0.5) is 0 Å². The molecule has 0 radical (unpaired) electrons. The first kappa shape index (κ1) is 89.4. The lowest BCUT2D eigenvalue weighted by Crippen LogP contribution is -2.44. The van der Waals surface area contributed by atoms with Crippen LogP contribution in [0.1, 0.15) is 284 Å². The molecule has 9 heteroatoms. The van der Waals surface area contributed by atoms with Gasteiger partial charge in [0, 0.05) is 12.8 Å². The molecule has 0 aliphatic rings. The summed E-state index contributed by atoms with van der Waals surface area (Å²) in [6.07, 6.45) is 110. The van der Waals surface area contributed by atoms with Gasteiger partial charge < -0.3 is 33.3 Å². The minimum Gasteiger partial charge on any atom is -0.545 e. The van der Waals surface area contributed by atoms with Crippen molar-refractivity contribution in [3.63, 3.8) is 0 Å². The Balaban J connectivity index is 4.21. The molecule has 536 valence electrons. The number of carboxylic acid groups (broad SMARTS) is 1. The van der Waals surface area contributed by atoms with Gasteiger partial charge in [0.2, 0.25) is 0 Å². The van der Waals surface area contributed by atoms with E-state index in [2.05, 4.69) is 196 Å². The Hall–Kier alpha value is -5.61. The summed E-state index contributed by atoms with van der Waals surface area (Å²) in [6.45, 7) is 4.59. The first-order chi connectivity index (χ1) is 46.6. The third-order valence-corrected chi connectivity index (χ3v) is 15.6. The van der Waals surface area contributed by atoms with Crippen LogP contribution < -0.4 is 5.11 Å². The molecule has 0 rings (SSSR count). The van der Waals surface area contributed by atoms with Gasteiger partial charge in [0.25, 0.3) is 0 Å². The lowest BCUT2D eigenvalue weighted by Gasteiger charge is -2.26. The average molecular weight is 1320 g/mol. The fraction of sp³-hybridized carbons (Fsp3) is 0.616. The third-order valence-electron chi connectivity index (χ3n) is 15.6. The van der Waals surface area contributed by atoms with Crippen LogP contribution in [0.15, 0.2) is 182 Å². The van der Waals surface area contributed by atoms with Crippen LogP contribution in [0.3, 0.4) is 0 Å². The second kappa shape index (κ2) is 74.2. The zero-order valence-electron chi connectivity index (χ0n) is 61.2. The van der Waals surface area contributed by atoms with E-state index in [1.165, 1.54) is 116 Å². The number of nitrogens with zero attached hydrogens (tertiary/aromatic N) is 1. The minimum atomic E-state index is -1.64. The maximum absolute atomic E-state index is 12.9. The molecular formula is C86H139NO8. The van der Waals surface area contributed by atoms with Crippen LogP contribution in [0.25, 0.3) is 0 Å². The highest BCUT2D eigenvalue weighted by molar-refractivity contribution is 5.70. The Morgan fingerprint density at radius 1 is 0.326 bits per heavy atom. The predicted octanol–water partition coefficient (Wildman–Crippen LogP) is 23.0. The summed E-state index contributed by atoms with van der Waals surface area (Å²) in [5.41, 5.74) is 0. The van der Waals surface area contributed by atoms with E-state index in [0.717, 1.165) is 135 Å². The molecule has 9 nitrogen and oxygen atoms in total. The van der Waals surface area contributed by atoms with Crippen LogP contribution in [-0.2, 0) is 33.3 Å². The predicted molar refractivity (Wildman–Crippen MR) is 407 cm³/mol. The van der Waals surface area contributed by atoms with Crippen molar-refractivity contribution in [1.29, 1.82) is 0 Å². The second-order valence-electron chi connectivity index (χ2n) is 25.9. The highest BCUT2D eigenvalue weighted by Gasteiger charge is 2.22. The molecule has 0 saturated carbocycles. The first-order valence-corrected chi connectivity index (χ1v) is 37.9. The van der Waals surface area contributed by atoms with Crippen molar-refractivity contribution in [2.45, 2.75) is 296 Å². The number of hydrogen-bond donors (Lipinski definition) is 0. The number of unbranched alkanes of at least 4 members (excludes halogenated alkanes) is 23. The van der Waals surface area contributed by atoms with Crippen molar-refractivity contribution in [1.82, 2.24) is 0 Å². The maximum Gasteiger partial charge on any atom is 0.306 e. The van der Waals surface area contributed by atoms with Crippen LogP contribution in [0.5, 0.6) is 0 Å². The monoisotopic (exact) mass is 1310 g/mol. The van der Waals surface area contributed by atoms with Crippen molar-refractivity contribution in [3.05, 3.63) is 182 Å². The van der Waals surface area contributed by atoms with Crippen LogP contribution in [0, 0.1) is 0 Å². The molecule has 0 aliphatic carbocycles. The number of carbonyl (C=O) groups is 3. The number of carboxylic acids is 1. The van der Waals surface area contributed by atoms with E-state index in [0.29, 0.717) is 17.4 Å². The largest absolute Gasteiger partial charge is 0.545 e. The van der Waals surface area contributed by atoms with Gasteiger partial charge in [-0.3, -0.25) is 9.59 Å². The average Bonchev–Trinajstić information content (AvgIpc) is 3.54. The van der Waals surface area contributed by atoms with Gasteiger partial charge in [-0.25, -0.2) is 0 Å². The Morgan fingerprint density at radius 2 is 0.600 bits per heavy atom. The van der Waals surface area contributed by atoms with Crippen molar-refractivity contribution < 1.29 is 42.9 Å². The van der Waals surface area contributed by atoms with E-state index in [1.54, 1.807) is 0 Å². The van der Waals surface area contributed by atoms with Crippen molar-refractivity contribution in [2.75, 3.05) is 47.5 Å². The molecule has 0 aromatic heterocycles. The summed E-state index contributed by atoms with van der Waals surface area (Å²) in [5, 5.41) is 11.8. The topological polar surface area (TPSA) is 111 Å². The number of carbonyl (C=O) groups excluding carboxylic acids is 3. The molecule has 0 fully saturated rings. The van der Waals surface area contributed by atoms with E-state index < -0.39 is 24.3 Å². The van der Waals surface area contributed by atoms with Gasteiger partial charge in [-0.15, -0.1) is 0 Å². The van der Waals surface area contributed by atoms with Crippen LogP contribution >= 0.6 is 0 Å². The molecule has 2 atom stereocenters. The number of quaternary nitrogens is 1. The normalized spacial score (nSPS) is 13.7. The fourth-order valence-electron chi connectivity index (χ4n) is 9.88. The van der Waals surface area contributed by atoms with E-state index in [4.69, 9.17) is 18.9 Å². The number of rotatable bonds is 68. The number of likely N-dealkylation sites (N-methyl/N-ethyl adjacent to an activating group) is 1. The smallest absolute Gasteiger partial charge is 0.306 e. The second-order valence-corrected chi connectivity index (χ2v) is 25.9. The number of esters is 2. The standard InChI is InChI=1S/C86H139NO8/c1-6-8-10-12-14-16-18-20-22-24-26-28-30-32-34-36-37-38-39-40-41-42-43-44-45-46-47-49-51-53-55-57-59-61-63-65-67-69-71-73-75-77-84(89)95-82(81-94-86(85(90)91)92-79-78-87(3,4)5)80-93-83(88)76-74-72-70-68-66-64-62-60-58-56-54-52-50-48-35-33-31-29-27-25-23-21-19-17-15-13-11-9-7-2/h8,10,14,16,19-22,25-28,31-34,37-38,40-41,43-44,46-47,51,53,57,59,63,65,82,86H,6-7,9,11-13,15,17-18,23-24,29-30,35-36,39,42,45,48-50,52,54-56,58,60-62,64,66-81H2,1-5H3/b10-8-,16-14-,21-19-,22-20-,27-25-,28-26-,33-31-,34-32-,38-37-,41-40-,44-43-,47-46-,53-51-,59-57-,65-63-. The van der Waals surface area contributed by atoms with Crippen LogP contribution in [0.2, 0.25) is 0 Å². The summed E-state index contributed by atoms with van der Waals surface area (Å²) >= 11 is 0. The zero-order chi connectivity index (χ0) is 69.0. The minimum absolute atomic E-state index is 0.133. The highest BCUT2D eigenvalue weighted by Crippen LogP contribution is 2.16. The van der Waals surface area contributed by atoms with Gasteiger partial charge in [-0.05, 0) is 141 Å². The molecule has 0 aromatic rings. The zero-order valence-corrected chi connectivity index (χ0v) is 61.2. The van der Waals surface area contributed by atoms with Gasteiger partial charge in [-0.1, -0.05) is 312 Å². The van der Waals surface area contributed by atoms with Crippen LogP contribution in [-0.4, -0.2) is 82.3 Å². The molecule has 0 N–H and O–H groups in total. The first-order valence-electron chi connectivity index (χ1n) is 37.9. The SMILES string of the molecule is CC/C=C\C/C=C\C/C=C\C/C=C\C/C=C\C/C=C\C/C=C\C/C=C\C/C=C\C/C=C\C/C=C\C/C=C\CCCCCCC(=O)OC(COC(=O)CCCCCCCCCCCCCCCC/C=C\C/C=C\C/C=C\CCCCCCC)COC(OCC[N+](C)(C)C)C(=O)[O-]. The van der Waals surface area contributed by atoms with E-state index >= 15 is 0 Å². The fourth-order valence-corrected chi connectivity index (χ4v) is 9.88. The van der Waals surface area contributed by atoms with Gasteiger partial charge >= 0.3 is 11.9 Å². The highest BCUT2D eigenvalue weighted by atomic mass is 16.7. The van der Waals surface area contributed by atoms with Gasteiger partial charge in [0.05, 0.1) is 40.3 Å². The van der Waals surface area contributed by atoms with Crippen molar-refractivity contribution in [2.24, 2.45) is 0 Å². The molecule has 0 spiro atoms. The Labute approximate surface area is 583 Å². The summed E-state index contributed by atoms with van der Waals surface area (Å²) in [5.74, 6) is -2.33. The molecule has 0 heterocycles. The van der Waals surface area contributed by atoms with Gasteiger partial charge in [0.1, 0.15) is 13.2 Å². The molecule has 2 unspecified atom stereocenters. The quantitative estimate of drug-likeness (QED) is 0.0195. The number of hydrogen-bond acceptors (Lipinski definition) is 8. The summed E-state index contributed by atoms with van der Waals surface area (Å²) in [4.78, 5) is 37.5. The third kappa shape index (κ3) is 75.6. The summed E-state index contributed by atoms with van der Waals surface area (Å²) in [7, 11) is 5.91. The number of aliphatic carboxylic acids is 1. The molecule has 95 heavy (non-hydrogen) atoms.